The van der Waals surface area contributed by atoms with Gasteiger partial charge in [-0.1, -0.05) is 11.6 Å². The fourth-order valence-electron chi connectivity index (χ4n) is 3.70. The van der Waals surface area contributed by atoms with Crippen molar-refractivity contribution in [2.24, 2.45) is 0 Å². The lowest BCUT2D eigenvalue weighted by atomic mass is 9.99. The number of amides is 1. The van der Waals surface area contributed by atoms with E-state index in [9.17, 15) is 9.59 Å². The minimum Gasteiger partial charge on any atom is -0.450 e. The summed E-state index contributed by atoms with van der Waals surface area (Å²) < 4.78 is 5.96. The number of aromatic nitrogens is 2. The lowest BCUT2D eigenvalue weighted by molar-refractivity contribution is 0.0971. The molecule has 0 fully saturated rings. The maximum Gasteiger partial charge on any atom is 0.297 e. The third-order valence-corrected chi connectivity index (χ3v) is 6.34. The van der Waals surface area contributed by atoms with Gasteiger partial charge in [0, 0.05) is 17.3 Å². The number of anilines is 1. The first-order valence-electron chi connectivity index (χ1n) is 9.20. The van der Waals surface area contributed by atoms with Crippen LogP contribution in [0.3, 0.4) is 0 Å². The number of fused-ring (bicyclic) bond motifs is 2. The summed E-state index contributed by atoms with van der Waals surface area (Å²) in [6.07, 6.45) is 3.31. The number of carbonyl (C=O) groups excluding carboxylic acids is 1. The van der Waals surface area contributed by atoms with Crippen LogP contribution in [0.2, 0.25) is 0 Å². The van der Waals surface area contributed by atoms with Crippen molar-refractivity contribution in [2.75, 3.05) is 4.90 Å². The molecule has 1 aliphatic rings. The van der Waals surface area contributed by atoms with Crippen molar-refractivity contribution in [2.45, 2.75) is 26.8 Å². The Balaban J connectivity index is 1.83. The van der Waals surface area contributed by atoms with Gasteiger partial charge < -0.3 is 4.42 Å². The van der Waals surface area contributed by atoms with E-state index in [1.54, 1.807) is 29.4 Å². The fraction of sp³-hybridized carbons (Fsp3) is 0.182. The van der Waals surface area contributed by atoms with Gasteiger partial charge >= 0.3 is 0 Å². The monoisotopic (exact) mass is 403 g/mol. The molecule has 0 spiro atoms. The number of aryl methyl sites for hydroxylation is 3. The minimum atomic E-state index is -0.605. The second-order valence-corrected chi connectivity index (χ2v) is 8.35. The van der Waals surface area contributed by atoms with E-state index in [0.29, 0.717) is 21.7 Å². The summed E-state index contributed by atoms with van der Waals surface area (Å²) in [5, 5.41) is 1.03. The van der Waals surface area contributed by atoms with Crippen LogP contribution >= 0.6 is 11.3 Å². The van der Waals surface area contributed by atoms with E-state index in [0.717, 1.165) is 21.7 Å². The highest BCUT2D eigenvalue weighted by Crippen LogP contribution is 2.42. The number of thiazole rings is 1. The van der Waals surface area contributed by atoms with Crippen LogP contribution in [-0.4, -0.2) is 15.9 Å². The van der Waals surface area contributed by atoms with Gasteiger partial charge in [0.05, 0.1) is 22.7 Å². The molecule has 4 heterocycles. The average Bonchev–Trinajstić information content (AvgIpc) is 3.20. The van der Waals surface area contributed by atoms with Crippen LogP contribution in [0.25, 0.3) is 11.0 Å². The Bertz CT molecular complexity index is 1320. The molecule has 7 heteroatoms. The molecule has 5 rings (SSSR count). The normalized spacial score (nSPS) is 15.9. The highest BCUT2D eigenvalue weighted by Gasteiger charge is 2.45. The first-order chi connectivity index (χ1) is 14.0. The highest BCUT2D eigenvalue weighted by molar-refractivity contribution is 7.15. The van der Waals surface area contributed by atoms with Crippen LogP contribution in [0.1, 0.15) is 43.9 Å². The molecule has 0 radical (unpaired) electrons. The van der Waals surface area contributed by atoms with Gasteiger partial charge in [0.25, 0.3) is 5.91 Å². The third kappa shape index (κ3) is 2.61. The molecule has 1 aromatic carbocycles. The van der Waals surface area contributed by atoms with E-state index in [2.05, 4.69) is 9.97 Å². The zero-order chi connectivity index (χ0) is 20.3. The second kappa shape index (κ2) is 6.35. The van der Waals surface area contributed by atoms with Crippen molar-refractivity contribution >= 4 is 33.3 Å². The van der Waals surface area contributed by atoms with Crippen LogP contribution in [-0.2, 0) is 0 Å². The molecule has 0 N–H and O–H groups in total. The highest BCUT2D eigenvalue weighted by atomic mass is 32.1. The summed E-state index contributed by atoms with van der Waals surface area (Å²) in [5.74, 6) is -0.270. The molecule has 0 bridgehead atoms. The van der Waals surface area contributed by atoms with Crippen LogP contribution in [0, 0.1) is 20.8 Å². The zero-order valence-electron chi connectivity index (χ0n) is 16.1. The Hall–Kier alpha value is -3.32. The van der Waals surface area contributed by atoms with Gasteiger partial charge in [-0.05, 0) is 50.6 Å². The van der Waals surface area contributed by atoms with E-state index >= 15 is 0 Å². The maximum absolute atomic E-state index is 13.5. The van der Waals surface area contributed by atoms with Gasteiger partial charge in [-0.25, -0.2) is 4.98 Å². The van der Waals surface area contributed by atoms with Gasteiger partial charge in [-0.2, -0.15) is 0 Å². The van der Waals surface area contributed by atoms with Crippen molar-refractivity contribution in [3.05, 3.63) is 86.0 Å². The summed E-state index contributed by atoms with van der Waals surface area (Å²) >= 11 is 1.43. The molecular weight excluding hydrogens is 386 g/mol. The van der Waals surface area contributed by atoms with Gasteiger partial charge in [0.1, 0.15) is 5.58 Å². The number of carbonyl (C=O) groups is 1. The van der Waals surface area contributed by atoms with Crippen LogP contribution < -0.4 is 10.3 Å². The lowest BCUT2D eigenvalue weighted by Gasteiger charge is -2.22. The lowest BCUT2D eigenvalue weighted by Crippen LogP contribution is -2.29. The molecule has 6 nitrogen and oxygen atoms in total. The number of rotatable bonds is 2. The minimum absolute atomic E-state index is 0.0821. The van der Waals surface area contributed by atoms with E-state index in [4.69, 9.17) is 4.42 Å². The number of hydrogen-bond acceptors (Lipinski definition) is 6. The standard InChI is InChI=1S/C22H17N3O3S/c1-11-4-5-16-15(10-11)19(26)17-18(14-6-8-23-9-7-14)25(21(27)20(17)28-16)22-24-12(2)13(3)29-22/h4-10,18H,1-3H3. The number of pyridine rings is 1. The summed E-state index contributed by atoms with van der Waals surface area (Å²) in [5.41, 5.74) is 3.18. The summed E-state index contributed by atoms with van der Waals surface area (Å²) in [4.78, 5) is 38.1. The van der Waals surface area contributed by atoms with Crippen LogP contribution in [0.4, 0.5) is 5.13 Å². The van der Waals surface area contributed by atoms with Crippen molar-refractivity contribution in [3.8, 4) is 0 Å². The Labute approximate surface area is 170 Å². The summed E-state index contributed by atoms with van der Waals surface area (Å²) in [7, 11) is 0. The SMILES string of the molecule is Cc1ccc2oc3c(c(=O)c2c1)C(c1ccncc1)N(c1nc(C)c(C)s1)C3=O. The number of hydrogen-bond donors (Lipinski definition) is 0. The van der Waals surface area contributed by atoms with E-state index in [1.807, 2.05) is 39.0 Å². The number of benzene rings is 1. The molecule has 1 unspecified atom stereocenters. The molecule has 0 saturated heterocycles. The summed E-state index contributed by atoms with van der Waals surface area (Å²) in [6.45, 7) is 5.79. The molecule has 0 saturated carbocycles. The van der Waals surface area contributed by atoms with Gasteiger partial charge in [-0.15, -0.1) is 11.3 Å². The van der Waals surface area contributed by atoms with Crippen molar-refractivity contribution in [3.63, 3.8) is 0 Å². The van der Waals surface area contributed by atoms with Gasteiger partial charge in [0.2, 0.25) is 5.76 Å². The first kappa shape index (κ1) is 17.8. The van der Waals surface area contributed by atoms with Gasteiger partial charge in [0.15, 0.2) is 10.6 Å². The van der Waals surface area contributed by atoms with Crippen LogP contribution in [0.5, 0.6) is 0 Å². The Morgan fingerprint density at radius 1 is 1.07 bits per heavy atom. The molecule has 1 aliphatic heterocycles. The number of nitrogens with zero attached hydrogens (tertiary/aromatic N) is 3. The topological polar surface area (TPSA) is 76.3 Å². The largest absolute Gasteiger partial charge is 0.450 e. The second-order valence-electron chi connectivity index (χ2n) is 7.17. The summed E-state index contributed by atoms with van der Waals surface area (Å²) in [6, 6.07) is 8.42. The predicted octanol–water partition coefficient (Wildman–Crippen LogP) is 4.32. The van der Waals surface area contributed by atoms with E-state index in [-0.39, 0.29) is 17.1 Å². The van der Waals surface area contributed by atoms with Crippen molar-refractivity contribution in [1.29, 1.82) is 0 Å². The third-order valence-electron chi connectivity index (χ3n) is 5.27. The molecule has 3 aromatic heterocycles. The molecule has 1 atom stereocenters. The van der Waals surface area contributed by atoms with Gasteiger partial charge in [-0.3, -0.25) is 19.5 Å². The first-order valence-corrected chi connectivity index (χ1v) is 10.0. The Morgan fingerprint density at radius 2 is 1.83 bits per heavy atom. The van der Waals surface area contributed by atoms with Crippen LogP contribution in [0.15, 0.2) is 51.9 Å². The van der Waals surface area contributed by atoms with Crippen molar-refractivity contribution in [1.82, 2.24) is 9.97 Å². The fourth-order valence-corrected chi connectivity index (χ4v) is 4.64. The molecule has 0 aliphatic carbocycles. The average molecular weight is 403 g/mol. The maximum atomic E-state index is 13.5. The smallest absolute Gasteiger partial charge is 0.297 e. The predicted molar refractivity (Wildman–Crippen MR) is 112 cm³/mol. The Kier molecular flexibility index (Phi) is 3.89. The van der Waals surface area contributed by atoms with Crippen molar-refractivity contribution < 1.29 is 9.21 Å². The van der Waals surface area contributed by atoms with E-state index in [1.165, 1.54) is 11.3 Å². The van der Waals surface area contributed by atoms with E-state index < -0.39 is 6.04 Å². The molecule has 144 valence electrons. The zero-order valence-corrected chi connectivity index (χ0v) is 16.9. The Morgan fingerprint density at radius 3 is 2.52 bits per heavy atom. The molecule has 4 aromatic rings. The molecule has 29 heavy (non-hydrogen) atoms. The molecular formula is C22H17N3O3S. The molecule has 1 amide bonds. The quantitative estimate of drug-likeness (QED) is 0.498.